The maximum Gasteiger partial charge on any atom is 0.242 e. The molecule has 7 heteroatoms. The lowest BCUT2D eigenvalue weighted by Gasteiger charge is -2.36. The number of carbonyl (C=O) groups excluding carboxylic acids is 1. The molecule has 1 saturated heterocycles. The highest BCUT2D eigenvalue weighted by Crippen LogP contribution is 2.33. The Hall–Kier alpha value is -1.92. The molecule has 4 rings (SSSR count). The van der Waals surface area contributed by atoms with Crippen molar-refractivity contribution >= 4 is 17.5 Å². The molecule has 26 heavy (non-hydrogen) atoms. The second-order valence-corrected chi connectivity index (χ2v) is 7.85. The monoisotopic (exact) mass is 374 g/mol. The predicted molar refractivity (Wildman–Crippen MR) is 98.7 cm³/mol. The van der Waals surface area contributed by atoms with E-state index in [0.717, 1.165) is 50.6 Å². The minimum absolute atomic E-state index is 0.0613. The van der Waals surface area contributed by atoms with Gasteiger partial charge in [-0.1, -0.05) is 29.6 Å². The average Bonchev–Trinajstić information content (AvgIpc) is 3.32. The highest BCUT2D eigenvalue weighted by atomic mass is 35.5. The smallest absolute Gasteiger partial charge is 0.242 e. The lowest BCUT2D eigenvalue weighted by molar-refractivity contribution is -0.138. The summed E-state index contributed by atoms with van der Waals surface area (Å²) in [6.45, 7) is 1.35. The SMILES string of the molecule is NC1(C(=O)N2CCCC(c3nc(-c4ccc(Cl)cc4)no3)C2)CCCC1. The van der Waals surface area contributed by atoms with E-state index in [1.807, 2.05) is 17.0 Å². The normalized spacial score (nSPS) is 22.5. The number of amides is 1. The van der Waals surface area contributed by atoms with Crippen LogP contribution >= 0.6 is 11.6 Å². The molecule has 1 amide bonds. The van der Waals surface area contributed by atoms with Gasteiger partial charge in [0.2, 0.25) is 17.6 Å². The van der Waals surface area contributed by atoms with Crippen LogP contribution in [-0.4, -0.2) is 39.6 Å². The van der Waals surface area contributed by atoms with Crippen molar-refractivity contribution in [1.82, 2.24) is 15.0 Å². The quantitative estimate of drug-likeness (QED) is 0.890. The summed E-state index contributed by atoms with van der Waals surface area (Å²) in [7, 11) is 0. The topological polar surface area (TPSA) is 85.3 Å². The zero-order valence-electron chi connectivity index (χ0n) is 14.7. The fraction of sp³-hybridized carbons (Fsp3) is 0.526. The van der Waals surface area contributed by atoms with Crippen LogP contribution in [0, 0.1) is 0 Å². The summed E-state index contributed by atoms with van der Waals surface area (Å²) in [4.78, 5) is 19.3. The molecule has 1 saturated carbocycles. The van der Waals surface area contributed by atoms with Gasteiger partial charge in [0.05, 0.1) is 11.5 Å². The van der Waals surface area contributed by atoms with E-state index in [0.29, 0.717) is 23.3 Å². The molecule has 0 radical (unpaired) electrons. The van der Waals surface area contributed by atoms with Crippen LogP contribution in [0.5, 0.6) is 0 Å². The molecule has 1 atom stereocenters. The van der Waals surface area contributed by atoms with Crippen molar-refractivity contribution in [3.05, 3.63) is 35.2 Å². The van der Waals surface area contributed by atoms with Gasteiger partial charge in [0, 0.05) is 23.7 Å². The van der Waals surface area contributed by atoms with Crippen LogP contribution in [0.4, 0.5) is 0 Å². The first-order valence-electron chi connectivity index (χ1n) is 9.23. The van der Waals surface area contributed by atoms with Crippen molar-refractivity contribution in [2.24, 2.45) is 5.73 Å². The second kappa shape index (κ2) is 7.00. The van der Waals surface area contributed by atoms with Crippen LogP contribution in [0.3, 0.4) is 0 Å². The molecular weight excluding hydrogens is 352 g/mol. The summed E-state index contributed by atoms with van der Waals surface area (Å²) >= 11 is 5.92. The van der Waals surface area contributed by atoms with Gasteiger partial charge in [0.1, 0.15) is 0 Å². The third-order valence-corrected chi connectivity index (χ3v) is 5.78. The van der Waals surface area contributed by atoms with Crippen molar-refractivity contribution in [1.29, 1.82) is 0 Å². The fourth-order valence-electron chi connectivity index (χ4n) is 4.02. The first-order valence-corrected chi connectivity index (χ1v) is 9.61. The van der Waals surface area contributed by atoms with Crippen LogP contribution in [0.15, 0.2) is 28.8 Å². The maximum atomic E-state index is 12.9. The largest absolute Gasteiger partial charge is 0.340 e. The minimum atomic E-state index is -0.675. The van der Waals surface area contributed by atoms with Gasteiger partial charge in [0.25, 0.3) is 0 Å². The summed E-state index contributed by atoms with van der Waals surface area (Å²) in [5, 5.41) is 4.76. The predicted octanol–water partition coefficient (Wildman–Crippen LogP) is 3.37. The number of hydrogen-bond acceptors (Lipinski definition) is 5. The van der Waals surface area contributed by atoms with Crippen molar-refractivity contribution in [2.45, 2.75) is 50.0 Å². The number of rotatable bonds is 3. The van der Waals surface area contributed by atoms with E-state index in [1.165, 1.54) is 0 Å². The number of carbonyl (C=O) groups is 1. The molecule has 2 heterocycles. The van der Waals surface area contributed by atoms with Crippen LogP contribution in [0.25, 0.3) is 11.4 Å². The van der Waals surface area contributed by atoms with Crippen molar-refractivity contribution in [3.63, 3.8) is 0 Å². The third-order valence-electron chi connectivity index (χ3n) is 5.52. The van der Waals surface area contributed by atoms with E-state index in [4.69, 9.17) is 21.9 Å². The van der Waals surface area contributed by atoms with E-state index in [-0.39, 0.29) is 11.8 Å². The number of likely N-dealkylation sites (tertiary alicyclic amines) is 1. The maximum absolute atomic E-state index is 12.9. The summed E-state index contributed by atoms with van der Waals surface area (Å²) in [6, 6.07) is 7.34. The van der Waals surface area contributed by atoms with Gasteiger partial charge in [-0.15, -0.1) is 0 Å². The molecule has 1 aromatic heterocycles. The first kappa shape index (κ1) is 17.5. The summed E-state index contributed by atoms with van der Waals surface area (Å²) in [5.74, 6) is 1.28. The molecule has 6 nitrogen and oxygen atoms in total. The molecule has 2 fully saturated rings. The van der Waals surface area contributed by atoms with Gasteiger partial charge in [-0.2, -0.15) is 4.98 Å². The van der Waals surface area contributed by atoms with Gasteiger partial charge < -0.3 is 15.2 Å². The van der Waals surface area contributed by atoms with E-state index < -0.39 is 5.54 Å². The molecule has 138 valence electrons. The average molecular weight is 375 g/mol. The zero-order chi connectivity index (χ0) is 18.1. The van der Waals surface area contributed by atoms with E-state index in [2.05, 4.69) is 10.1 Å². The number of aromatic nitrogens is 2. The van der Waals surface area contributed by atoms with Gasteiger partial charge in [-0.25, -0.2) is 0 Å². The number of benzene rings is 1. The Morgan fingerprint density at radius 3 is 2.69 bits per heavy atom. The van der Waals surface area contributed by atoms with Crippen LogP contribution in [0.2, 0.25) is 5.02 Å². The summed E-state index contributed by atoms with van der Waals surface area (Å²) < 4.78 is 5.50. The van der Waals surface area contributed by atoms with E-state index in [9.17, 15) is 4.79 Å². The molecule has 1 aromatic carbocycles. The van der Waals surface area contributed by atoms with Gasteiger partial charge in [-0.05, 0) is 49.9 Å². The zero-order valence-corrected chi connectivity index (χ0v) is 15.4. The summed E-state index contributed by atoms with van der Waals surface area (Å²) in [5.41, 5.74) is 6.54. The van der Waals surface area contributed by atoms with Gasteiger partial charge in [0.15, 0.2) is 0 Å². The minimum Gasteiger partial charge on any atom is -0.340 e. The Kier molecular flexibility index (Phi) is 4.71. The Bertz CT molecular complexity index is 783. The molecule has 2 N–H and O–H groups in total. The molecule has 2 aromatic rings. The molecular formula is C19H23ClN4O2. The third kappa shape index (κ3) is 3.35. The molecule has 0 bridgehead atoms. The Morgan fingerprint density at radius 2 is 1.96 bits per heavy atom. The number of piperidine rings is 1. The van der Waals surface area contributed by atoms with Crippen LogP contribution in [0.1, 0.15) is 50.3 Å². The number of halogens is 1. The standard InChI is InChI=1S/C19H23ClN4O2/c20-15-7-5-13(6-8-15)16-22-17(26-23-16)14-4-3-11-24(12-14)18(25)19(21)9-1-2-10-19/h5-8,14H,1-4,9-12,21H2. The van der Waals surface area contributed by atoms with Crippen LogP contribution in [-0.2, 0) is 4.79 Å². The van der Waals surface area contributed by atoms with Crippen molar-refractivity contribution in [2.75, 3.05) is 13.1 Å². The van der Waals surface area contributed by atoms with Gasteiger partial charge in [-0.3, -0.25) is 4.79 Å². The second-order valence-electron chi connectivity index (χ2n) is 7.42. The summed E-state index contributed by atoms with van der Waals surface area (Å²) in [6.07, 6.45) is 5.50. The molecule has 1 unspecified atom stereocenters. The van der Waals surface area contributed by atoms with Crippen LogP contribution < -0.4 is 5.73 Å². The Balaban J connectivity index is 1.48. The number of nitrogens with two attached hydrogens (primary N) is 1. The van der Waals surface area contributed by atoms with E-state index in [1.54, 1.807) is 12.1 Å². The molecule has 2 aliphatic rings. The Labute approximate surface area is 157 Å². The lowest BCUT2D eigenvalue weighted by atomic mass is 9.92. The van der Waals surface area contributed by atoms with Crippen molar-refractivity contribution < 1.29 is 9.32 Å². The van der Waals surface area contributed by atoms with Crippen molar-refractivity contribution in [3.8, 4) is 11.4 Å². The van der Waals surface area contributed by atoms with Gasteiger partial charge >= 0.3 is 0 Å². The highest BCUT2D eigenvalue weighted by molar-refractivity contribution is 6.30. The Morgan fingerprint density at radius 1 is 1.23 bits per heavy atom. The number of nitrogens with zero attached hydrogens (tertiary/aromatic N) is 3. The highest BCUT2D eigenvalue weighted by Gasteiger charge is 2.41. The molecule has 0 spiro atoms. The number of hydrogen-bond donors (Lipinski definition) is 1. The lowest BCUT2D eigenvalue weighted by Crippen LogP contribution is -2.55. The van der Waals surface area contributed by atoms with E-state index >= 15 is 0 Å². The first-order chi connectivity index (χ1) is 12.5. The molecule has 1 aliphatic carbocycles. The molecule has 1 aliphatic heterocycles. The fourth-order valence-corrected chi connectivity index (χ4v) is 4.14.